The number of nitrogens with zero attached hydrogens (tertiary/aromatic N) is 3. The minimum Gasteiger partial charge on any atom is -0.324 e. The lowest BCUT2D eigenvalue weighted by Gasteiger charge is -2.11. The zero-order chi connectivity index (χ0) is 22.6. The Labute approximate surface area is 193 Å². The van der Waals surface area contributed by atoms with E-state index in [4.69, 9.17) is 11.6 Å². The van der Waals surface area contributed by atoms with Gasteiger partial charge in [0.25, 0.3) is 0 Å². The number of rotatable bonds is 7. The average molecular weight is 532 g/mol. The topological polar surface area (TPSA) is 59.8 Å². The third-order valence-corrected chi connectivity index (χ3v) is 5.65. The molecule has 1 heterocycles. The van der Waals surface area contributed by atoms with E-state index in [0.717, 1.165) is 40.0 Å². The summed E-state index contributed by atoms with van der Waals surface area (Å²) in [5, 5.41) is 7.14. The van der Waals surface area contributed by atoms with Crippen LogP contribution >= 0.6 is 39.3 Å². The minimum absolute atomic E-state index is 0.0114. The molecule has 0 spiro atoms. The highest BCUT2D eigenvalue weighted by atomic mass is 79.9. The Balaban J connectivity index is 1.71. The molecule has 162 valence electrons. The molecule has 0 atom stereocenters. The largest absolute Gasteiger partial charge is 0.416 e. The molecular weight excluding hydrogens is 517 g/mol. The molecule has 31 heavy (non-hydrogen) atoms. The molecule has 0 unspecified atom stereocenters. The van der Waals surface area contributed by atoms with Crippen molar-refractivity contribution in [2.45, 2.75) is 17.9 Å². The number of allylic oxidation sites excluding steroid dienone is 1. The van der Waals surface area contributed by atoms with Crippen LogP contribution in [0, 0.1) is 0 Å². The number of thioether (sulfide) groups is 1. The van der Waals surface area contributed by atoms with Crippen molar-refractivity contribution in [3.8, 4) is 11.4 Å². The first-order chi connectivity index (χ1) is 14.7. The molecule has 2 aromatic carbocycles. The molecule has 0 bridgehead atoms. The Kier molecular flexibility index (Phi) is 7.45. The summed E-state index contributed by atoms with van der Waals surface area (Å²) in [6.07, 6.45) is -2.86. The summed E-state index contributed by atoms with van der Waals surface area (Å²) in [5.41, 5.74) is -0.170. The highest BCUT2D eigenvalue weighted by Gasteiger charge is 2.31. The number of aromatic nitrogens is 3. The lowest BCUT2D eigenvalue weighted by molar-refractivity contribution is -0.137. The van der Waals surface area contributed by atoms with Crippen LogP contribution in [-0.2, 0) is 17.5 Å². The normalized spacial score (nSPS) is 11.4. The maximum atomic E-state index is 12.9. The average Bonchev–Trinajstić information content (AvgIpc) is 3.11. The third-order valence-electron chi connectivity index (χ3n) is 3.96. The minimum atomic E-state index is -4.54. The van der Waals surface area contributed by atoms with Gasteiger partial charge in [0.1, 0.15) is 0 Å². The lowest BCUT2D eigenvalue weighted by atomic mass is 10.2. The van der Waals surface area contributed by atoms with Crippen LogP contribution in [0.25, 0.3) is 11.4 Å². The van der Waals surface area contributed by atoms with Crippen LogP contribution in [0.15, 0.2) is 64.7 Å². The fourth-order valence-corrected chi connectivity index (χ4v) is 3.63. The number of hydrogen-bond acceptors (Lipinski definition) is 4. The van der Waals surface area contributed by atoms with Gasteiger partial charge in [0.05, 0.1) is 28.6 Å². The number of halogens is 5. The van der Waals surface area contributed by atoms with Crippen LogP contribution in [0.4, 0.5) is 18.9 Å². The monoisotopic (exact) mass is 530 g/mol. The van der Waals surface area contributed by atoms with E-state index in [1.807, 2.05) is 24.3 Å². The molecule has 0 saturated heterocycles. The van der Waals surface area contributed by atoms with Crippen molar-refractivity contribution >= 4 is 50.9 Å². The van der Waals surface area contributed by atoms with Crippen molar-refractivity contribution in [3.63, 3.8) is 0 Å². The molecule has 11 heteroatoms. The van der Waals surface area contributed by atoms with Crippen LogP contribution in [0.3, 0.4) is 0 Å². The third kappa shape index (κ3) is 6.11. The van der Waals surface area contributed by atoms with E-state index in [-0.39, 0.29) is 16.5 Å². The summed E-state index contributed by atoms with van der Waals surface area (Å²) in [6.45, 7) is 4.13. The van der Waals surface area contributed by atoms with Gasteiger partial charge < -0.3 is 5.32 Å². The van der Waals surface area contributed by atoms with Crippen molar-refractivity contribution in [2.24, 2.45) is 0 Å². The second kappa shape index (κ2) is 9.88. The van der Waals surface area contributed by atoms with Gasteiger partial charge in [0.2, 0.25) is 11.1 Å². The summed E-state index contributed by atoms with van der Waals surface area (Å²) in [6, 6.07) is 10.3. The number of nitrogens with one attached hydrogen (secondary N) is 1. The van der Waals surface area contributed by atoms with E-state index in [1.54, 1.807) is 10.8 Å². The maximum absolute atomic E-state index is 12.9. The zero-order valence-electron chi connectivity index (χ0n) is 15.8. The summed E-state index contributed by atoms with van der Waals surface area (Å²) < 4.78 is 41.2. The molecule has 1 amide bonds. The first-order valence-electron chi connectivity index (χ1n) is 8.78. The number of carbonyl (C=O) groups is 1. The Morgan fingerprint density at radius 3 is 2.61 bits per heavy atom. The van der Waals surface area contributed by atoms with Crippen molar-refractivity contribution in [1.82, 2.24) is 14.8 Å². The lowest BCUT2D eigenvalue weighted by Crippen LogP contribution is -2.15. The Morgan fingerprint density at radius 1 is 1.26 bits per heavy atom. The molecule has 0 aliphatic heterocycles. The van der Waals surface area contributed by atoms with Crippen LogP contribution < -0.4 is 5.32 Å². The number of alkyl halides is 3. The maximum Gasteiger partial charge on any atom is 0.416 e. The molecular formula is C20H15BrClF3N4OS. The van der Waals surface area contributed by atoms with E-state index in [9.17, 15) is 18.0 Å². The van der Waals surface area contributed by atoms with Crippen molar-refractivity contribution in [1.29, 1.82) is 0 Å². The molecule has 0 aliphatic carbocycles. The molecule has 3 rings (SSSR count). The summed E-state index contributed by atoms with van der Waals surface area (Å²) in [5.74, 6) is -0.0301. The van der Waals surface area contributed by atoms with Crippen LogP contribution in [0.1, 0.15) is 5.56 Å². The summed E-state index contributed by atoms with van der Waals surface area (Å²) >= 11 is 10.4. The molecule has 0 saturated carbocycles. The fourth-order valence-electron chi connectivity index (χ4n) is 2.56. The number of hydrogen-bond donors (Lipinski definition) is 1. The molecule has 1 aromatic heterocycles. The number of carbonyl (C=O) groups excluding carboxylic acids is 1. The summed E-state index contributed by atoms with van der Waals surface area (Å²) in [4.78, 5) is 16.7. The van der Waals surface area contributed by atoms with Crippen LogP contribution in [-0.4, -0.2) is 26.4 Å². The number of anilines is 1. The first-order valence-corrected chi connectivity index (χ1v) is 10.9. The second-order valence-corrected chi connectivity index (χ2v) is 8.49. The van der Waals surface area contributed by atoms with E-state index >= 15 is 0 Å². The summed E-state index contributed by atoms with van der Waals surface area (Å²) in [7, 11) is 0. The molecule has 0 radical (unpaired) electrons. The second-order valence-electron chi connectivity index (χ2n) is 6.22. The molecule has 0 aliphatic rings. The van der Waals surface area contributed by atoms with Gasteiger partial charge in [0, 0.05) is 10.0 Å². The van der Waals surface area contributed by atoms with Gasteiger partial charge in [-0.2, -0.15) is 13.2 Å². The standard InChI is InChI=1S/C20H15BrClF3N4OS/c1-2-9-29-18(12-3-6-14(21)7-4-12)27-19(28-29)31-11-17(30)26-16-10-13(20(23,24)25)5-8-15(16)22/h2-8,10H,1,9,11H2,(H,26,30). The van der Waals surface area contributed by atoms with Gasteiger partial charge >= 0.3 is 6.18 Å². The molecule has 3 aromatic rings. The van der Waals surface area contributed by atoms with Gasteiger partial charge in [-0.3, -0.25) is 4.79 Å². The number of amides is 1. The smallest absolute Gasteiger partial charge is 0.324 e. The Morgan fingerprint density at radius 2 is 1.97 bits per heavy atom. The van der Waals surface area contributed by atoms with E-state index in [0.29, 0.717) is 17.5 Å². The van der Waals surface area contributed by atoms with E-state index in [1.165, 1.54) is 0 Å². The molecule has 1 N–H and O–H groups in total. The zero-order valence-corrected chi connectivity index (χ0v) is 18.9. The van der Waals surface area contributed by atoms with E-state index in [2.05, 4.69) is 37.9 Å². The van der Waals surface area contributed by atoms with Gasteiger partial charge in [-0.25, -0.2) is 9.67 Å². The van der Waals surface area contributed by atoms with Gasteiger partial charge in [-0.1, -0.05) is 57.5 Å². The predicted octanol–water partition coefficient (Wildman–Crippen LogP) is 6.30. The Bertz CT molecular complexity index is 1100. The number of benzene rings is 2. The fraction of sp³-hybridized carbons (Fsp3) is 0.150. The Hall–Kier alpha value is -2.30. The van der Waals surface area contributed by atoms with Crippen molar-refractivity contribution in [2.75, 3.05) is 11.1 Å². The molecule has 0 fully saturated rings. The predicted molar refractivity (Wildman–Crippen MR) is 119 cm³/mol. The SMILES string of the molecule is C=CCn1nc(SCC(=O)Nc2cc(C(F)(F)F)ccc2Cl)nc1-c1ccc(Br)cc1. The quantitative estimate of drug-likeness (QED) is 0.287. The van der Waals surface area contributed by atoms with Gasteiger partial charge in [-0.15, -0.1) is 11.7 Å². The van der Waals surface area contributed by atoms with Gasteiger partial charge in [0.15, 0.2) is 5.82 Å². The van der Waals surface area contributed by atoms with Crippen LogP contribution in [0.5, 0.6) is 0 Å². The van der Waals surface area contributed by atoms with E-state index < -0.39 is 17.6 Å². The van der Waals surface area contributed by atoms with Crippen LogP contribution in [0.2, 0.25) is 5.02 Å². The van der Waals surface area contributed by atoms with Gasteiger partial charge in [-0.05, 0) is 30.3 Å². The molecule has 5 nitrogen and oxygen atoms in total. The van der Waals surface area contributed by atoms with Crippen molar-refractivity contribution in [3.05, 3.63) is 70.2 Å². The first kappa shape index (κ1) is 23.4. The van der Waals surface area contributed by atoms with Crippen molar-refractivity contribution < 1.29 is 18.0 Å². The highest BCUT2D eigenvalue weighted by Crippen LogP contribution is 2.34. The highest BCUT2D eigenvalue weighted by molar-refractivity contribution is 9.10.